The first-order valence-electron chi connectivity index (χ1n) is 7.27. The van der Waals surface area contributed by atoms with Gasteiger partial charge in [0.2, 0.25) is 0 Å². The maximum Gasteiger partial charge on any atom is 0.347 e. The van der Waals surface area contributed by atoms with Crippen LogP contribution in [0.2, 0.25) is 0 Å². The summed E-state index contributed by atoms with van der Waals surface area (Å²) < 4.78 is 4.80. The van der Waals surface area contributed by atoms with Crippen LogP contribution in [0, 0.1) is 23.7 Å². The van der Waals surface area contributed by atoms with Gasteiger partial charge in [0.1, 0.15) is 0 Å². The van der Waals surface area contributed by atoms with Gasteiger partial charge in [0.05, 0.1) is 12.1 Å². The van der Waals surface area contributed by atoms with E-state index in [1.54, 1.807) is 16.4 Å². The summed E-state index contributed by atoms with van der Waals surface area (Å²) in [5.74, 6) is 2.43. The minimum absolute atomic E-state index is 0.124. The lowest BCUT2D eigenvalue weighted by molar-refractivity contribution is 0.0584. The van der Waals surface area contributed by atoms with E-state index in [2.05, 4.69) is 12.2 Å². The van der Waals surface area contributed by atoms with Crippen molar-refractivity contribution in [2.45, 2.75) is 31.3 Å². The number of nitrogens with zero attached hydrogens (tertiary/aromatic N) is 3. The lowest BCUT2D eigenvalue weighted by Crippen LogP contribution is -2.46. The predicted octanol–water partition coefficient (Wildman–Crippen LogP) is 0.676. The molecule has 2 saturated carbocycles. The second-order valence-corrected chi connectivity index (χ2v) is 6.63. The van der Waals surface area contributed by atoms with E-state index in [4.69, 9.17) is 0 Å². The fraction of sp³-hybridized carbons (Fsp3) is 0.714. The molecule has 6 rings (SSSR count). The quantitative estimate of drug-likeness (QED) is 0.643. The lowest BCUT2D eigenvalue weighted by atomic mass is 9.62. The van der Waals surface area contributed by atoms with Gasteiger partial charge in [-0.25, -0.2) is 23.5 Å². The molecule has 1 aromatic heterocycles. The zero-order valence-electron chi connectivity index (χ0n) is 10.9. The van der Waals surface area contributed by atoms with Gasteiger partial charge in [-0.15, -0.1) is 0 Å². The molecular weight excluding hydrogens is 242 g/mol. The number of hydrogen-bond donors (Lipinski definition) is 0. The monoisotopic (exact) mass is 259 g/mol. The molecule has 2 heterocycles. The van der Waals surface area contributed by atoms with Crippen molar-refractivity contribution in [2.24, 2.45) is 30.7 Å². The second kappa shape index (κ2) is 2.97. The third-order valence-electron chi connectivity index (χ3n) is 6.07. The number of hydrogen-bond acceptors (Lipinski definition) is 2. The van der Waals surface area contributed by atoms with Gasteiger partial charge in [-0.3, -0.25) is 0 Å². The molecule has 1 aromatic rings. The summed E-state index contributed by atoms with van der Waals surface area (Å²) in [7, 11) is 1.60. The Morgan fingerprint density at radius 2 is 1.42 bits per heavy atom. The molecule has 0 spiro atoms. The molecule has 0 radical (unpaired) electrons. The summed E-state index contributed by atoms with van der Waals surface area (Å²) in [6.45, 7) is 0. The van der Waals surface area contributed by atoms with Crippen molar-refractivity contribution >= 4 is 0 Å². The van der Waals surface area contributed by atoms with Gasteiger partial charge in [-0.1, -0.05) is 12.2 Å². The number of rotatable bonds is 0. The Hall–Kier alpha value is -1.52. The highest BCUT2D eigenvalue weighted by Crippen LogP contribution is 2.62. The molecule has 0 saturated heterocycles. The number of fused-ring (bicyclic) bond motifs is 6. The van der Waals surface area contributed by atoms with Crippen molar-refractivity contribution in [1.29, 1.82) is 0 Å². The molecular formula is C14H17N3O2. The molecule has 1 aliphatic heterocycles. The van der Waals surface area contributed by atoms with E-state index >= 15 is 0 Å². The highest BCUT2D eigenvalue weighted by molar-refractivity contribution is 5.18. The van der Waals surface area contributed by atoms with Crippen molar-refractivity contribution in [2.75, 3.05) is 0 Å². The highest BCUT2D eigenvalue weighted by Gasteiger charge is 2.59. The minimum atomic E-state index is -0.124. The molecule has 2 fully saturated rings. The van der Waals surface area contributed by atoms with E-state index in [1.807, 2.05) is 0 Å². The van der Waals surface area contributed by atoms with Gasteiger partial charge < -0.3 is 0 Å². The Labute approximate surface area is 110 Å². The highest BCUT2D eigenvalue weighted by atomic mass is 16.2. The molecule has 0 amide bonds. The van der Waals surface area contributed by atoms with Gasteiger partial charge in [0, 0.05) is 7.05 Å². The average molecular weight is 259 g/mol. The molecule has 0 N–H and O–H groups in total. The van der Waals surface area contributed by atoms with Gasteiger partial charge in [0.15, 0.2) is 0 Å². The van der Waals surface area contributed by atoms with Crippen molar-refractivity contribution < 1.29 is 0 Å². The second-order valence-electron chi connectivity index (χ2n) is 6.63. The fourth-order valence-corrected chi connectivity index (χ4v) is 5.42. The molecule has 4 bridgehead atoms. The molecule has 5 heteroatoms. The Morgan fingerprint density at radius 1 is 0.947 bits per heavy atom. The topological polar surface area (TPSA) is 48.9 Å². The SMILES string of the molecule is Cn1c(=O)n2n(c1=O)[C@H]1C[C@H]2[C@@H]2[C@H]1[C@H]1C=C[C@H]2CC1. The van der Waals surface area contributed by atoms with E-state index in [-0.39, 0.29) is 23.5 Å². The molecule has 5 nitrogen and oxygen atoms in total. The average Bonchev–Trinajstić information content (AvgIpc) is 3.09. The minimum Gasteiger partial charge on any atom is -0.246 e. The van der Waals surface area contributed by atoms with Crippen LogP contribution >= 0.6 is 0 Å². The van der Waals surface area contributed by atoms with Crippen LogP contribution in [0.25, 0.3) is 0 Å². The first-order chi connectivity index (χ1) is 9.18. The van der Waals surface area contributed by atoms with Crippen LogP contribution in [-0.4, -0.2) is 13.9 Å². The van der Waals surface area contributed by atoms with E-state index in [1.165, 1.54) is 17.4 Å². The van der Waals surface area contributed by atoms with Gasteiger partial charge in [0.25, 0.3) is 0 Å². The summed E-state index contributed by atoms with van der Waals surface area (Å²) >= 11 is 0. The summed E-state index contributed by atoms with van der Waals surface area (Å²) in [4.78, 5) is 24.5. The van der Waals surface area contributed by atoms with Crippen molar-refractivity contribution in [3.63, 3.8) is 0 Å². The first kappa shape index (κ1) is 10.3. The predicted molar refractivity (Wildman–Crippen MR) is 69.0 cm³/mol. The van der Waals surface area contributed by atoms with Crippen molar-refractivity contribution in [3.05, 3.63) is 33.1 Å². The van der Waals surface area contributed by atoms with Crippen molar-refractivity contribution in [3.8, 4) is 0 Å². The molecule has 6 atom stereocenters. The van der Waals surface area contributed by atoms with Crippen LogP contribution in [0.4, 0.5) is 0 Å². The standard InChI is InChI=1S/C14H17N3O2/c1-15-13(18)16-9-6-10(17(16)14(15)19)12-8-3-2-7(4-5-8)11(9)12/h2-3,7-12H,4-6H2,1H3/t7-,8-,9-,10-,11-,12+/m0/s1. The number of allylic oxidation sites excluding steroid dienone is 2. The summed E-state index contributed by atoms with van der Waals surface area (Å²) in [6, 6.07) is 0.517. The third-order valence-corrected chi connectivity index (χ3v) is 6.07. The van der Waals surface area contributed by atoms with E-state index in [9.17, 15) is 9.59 Å². The summed E-state index contributed by atoms with van der Waals surface area (Å²) in [6.07, 6.45) is 8.25. The Bertz CT molecular complexity index is 665. The maximum absolute atomic E-state index is 12.2. The summed E-state index contributed by atoms with van der Waals surface area (Å²) in [5.41, 5.74) is -0.247. The van der Waals surface area contributed by atoms with Crippen LogP contribution < -0.4 is 11.4 Å². The Balaban J connectivity index is 1.78. The van der Waals surface area contributed by atoms with Crippen molar-refractivity contribution in [1.82, 2.24) is 13.9 Å². The van der Waals surface area contributed by atoms with Gasteiger partial charge in [-0.05, 0) is 42.9 Å². The third kappa shape index (κ3) is 0.945. The van der Waals surface area contributed by atoms with Gasteiger partial charge >= 0.3 is 11.4 Å². The van der Waals surface area contributed by atoms with Crippen LogP contribution in [0.5, 0.6) is 0 Å². The van der Waals surface area contributed by atoms with Crippen LogP contribution in [-0.2, 0) is 7.05 Å². The first-order valence-corrected chi connectivity index (χ1v) is 7.27. The lowest BCUT2D eigenvalue weighted by Gasteiger charge is -2.47. The molecule has 100 valence electrons. The normalized spacial score (nSPS) is 44.7. The largest absolute Gasteiger partial charge is 0.347 e. The maximum atomic E-state index is 12.2. The zero-order chi connectivity index (χ0) is 12.9. The molecule has 0 unspecified atom stereocenters. The Kier molecular flexibility index (Phi) is 1.61. The fourth-order valence-electron chi connectivity index (χ4n) is 5.42. The molecule has 4 aliphatic carbocycles. The van der Waals surface area contributed by atoms with Crippen LogP contribution in [0.3, 0.4) is 0 Å². The van der Waals surface area contributed by atoms with Gasteiger partial charge in [-0.2, -0.15) is 0 Å². The molecule has 0 aromatic carbocycles. The summed E-state index contributed by atoms with van der Waals surface area (Å²) in [5, 5.41) is 0. The molecule has 5 aliphatic rings. The smallest absolute Gasteiger partial charge is 0.246 e. The Morgan fingerprint density at radius 3 is 1.84 bits per heavy atom. The van der Waals surface area contributed by atoms with E-state index in [0.29, 0.717) is 23.7 Å². The van der Waals surface area contributed by atoms with Crippen LogP contribution in [0.15, 0.2) is 21.7 Å². The molecule has 19 heavy (non-hydrogen) atoms. The zero-order valence-corrected chi connectivity index (χ0v) is 10.9. The number of aromatic nitrogens is 3. The van der Waals surface area contributed by atoms with E-state index in [0.717, 1.165) is 6.42 Å². The van der Waals surface area contributed by atoms with Crippen LogP contribution in [0.1, 0.15) is 31.3 Å². The van der Waals surface area contributed by atoms with E-state index < -0.39 is 0 Å².